The first-order valence-electron chi connectivity index (χ1n) is 3.66. The summed E-state index contributed by atoms with van der Waals surface area (Å²) in [6.45, 7) is 0. The third-order valence-corrected chi connectivity index (χ3v) is 2.55. The van der Waals surface area contributed by atoms with Gasteiger partial charge < -0.3 is 9.84 Å². The molecule has 0 radical (unpaired) electrons. The van der Waals surface area contributed by atoms with Crippen molar-refractivity contribution in [1.29, 1.82) is 0 Å². The maximum atomic E-state index is 10.6. The van der Waals surface area contributed by atoms with Gasteiger partial charge in [-0.2, -0.15) is 0 Å². The SMILES string of the molecule is COc1ccc([C@H](Br)C(=O)O)cc1. The molecule has 3 nitrogen and oxygen atoms in total. The molecule has 70 valence electrons. The van der Waals surface area contributed by atoms with Gasteiger partial charge in [-0.05, 0) is 17.7 Å². The van der Waals surface area contributed by atoms with Crippen LogP contribution in [0.2, 0.25) is 0 Å². The van der Waals surface area contributed by atoms with Crippen molar-refractivity contribution in [2.24, 2.45) is 0 Å². The van der Waals surface area contributed by atoms with Crippen LogP contribution in [0.25, 0.3) is 0 Å². The predicted octanol–water partition coefficient (Wildman–Crippen LogP) is 2.22. The average Bonchev–Trinajstić information content (AvgIpc) is 2.17. The summed E-state index contributed by atoms with van der Waals surface area (Å²) in [5.74, 6) is -0.181. The number of ether oxygens (including phenoxy) is 1. The number of aliphatic carboxylic acids is 1. The zero-order chi connectivity index (χ0) is 9.84. The fourth-order valence-corrected chi connectivity index (χ4v) is 1.22. The first kappa shape index (κ1) is 10.1. The number of methoxy groups -OCH3 is 1. The smallest absolute Gasteiger partial charge is 0.321 e. The summed E-state index contributed by atoms with van der Waals surface area (Å²) in [6, 6.07) is 6.89. The van der Waals surface area contributed by atoms with Crippen molar-refractivity contribution in [2.75, 3.05) is 7.11 Å². The molecule has 1 rings (SSSR count). The van der Waals surface area contributed by atoms with E-state index in [2.05, 4.69) is 15.9 Å². The van der Waals surface area contributed by atoms with Crippen LogP contribution in [0.5, 0.6) is 5.75 Å². The van der Waals surface area contributed by atoms with Gasteiger partial charge in [-0.15, -0.1) is 0 Å². The molecule has 0 amide bonds. The molecule has 1 aromatic rings. The standard InChI is InChI=1S/C9H9BrO3/c1-13-7-4-2-6(3-5-7)8(10)9(11)12/h2-5,8H,1H3,(H,11,12)/t8-/m0/s1. The van der Waals surface area contributed by atoms with Crippen molar-refractivity contribution in [3.05, 3.63) is 29.8 Å². The lowest BCUT2D eigenvalue weighted by molar-refractivity contribution is -0.136. The fraction of sp³-hybridized carbons (Fsp3) is 0.222. The van der Waals surface area contributed by atoms with Crippen molar-refractivity contribution in [2.45, 2.75) is 4.83 Å². The third kappa shape index (κ3) is 2.45. The number of carbonyl (C=O) groups is 1. The van der Waals surface area contributed by atoms with E-state index in [4.69, 9.17) is 9.84 Å². The number of benzene rings is 1. The zero-order valence-electron chi connectivity index (χ0n) is 7.03. The van der Waals surface area contributed by atoms with Crippen LogP contribution >= 0.6 is 15.9 Å². The maximum absolute atomic E-state index is 10.6. The Morgan fingerprint density at radius 2 is 2.00 bits per heavy atom. The van der Waals surface area contributed by atoms with Crippen molar-refractivity contribution in [1.82, 2.24) is 0 Å². The van der Waals surface area contributed by atoms with E-state index in [0.717, 1.165) is 0 Å². The third-order valence-electron chi connectivity index (χ3n) is 1.63. The topological polar surface area (TPSA) is 46.5 Å². The molecular formula is C9H9BrO3. The average molecular weight is 245 g/mol. The second-order valence-corrected chi connectivity index (χ2v) is 3.39. The van der Waals surface area contributed by atoms with E-state index in [1.165, 1.54) is 0 Å². The van der Waals surface area contributed by atoms with Gasteiger partial charge in [-0.1, -0.05) is 28.1 Å². The lowest BCUT2D eigenvalue weighted by Crippen LogP contribution is -2.03. The number of carboxylic acid groups (broad SMARTS) is 1. The van der Waals surface area contributed by atoms with Crippen LogP contribution in [0, 0.1) is 0 Å². The number of rotatable bonds is 3. The molecule has 0 aromatic heterocycles. The first-order chi connectivity index (χ1) is 6.15. The van der Waals surface area contributed by atoms with Gasteiger partial charge in [0.15, 0.2) is 0 Å². The zero-order valence-corrected chi connectivity index (χ0v) is 8.61. The second kappa shape index (κ2) is 4.28. The minimum absolute atomic E-state index is 0.654. The van der Waals surface area contributed by atoms with Gasteiger partial charge in [0.1, 0.15) is 10.6 Å². The molecule has 0 saturated heterocycles. The van der Waals surface area contributed by atoms with Crippen LogP contribution in [0.3, 0.4) is 0 Å². The quantitative estimate of drug-likeness (QED) is 0.830. The van der Waals surface area contributed by atoms with E-state index in [9.17, 15) is 4.79 Å². The minimum atomic E-state index is -0.898. The molecule has 0 aliphatic heterocycles. The lowest BCUT2D eigenvalue weighted by atomic mass is 10.1. The largest absolute Gasteiger partial charge is 0.497 e. The molecule has 0 bridgehead atoms. The number of carboxylic acids is 1. The molecule has 13 heavy (non-hydrogen) atoms. The van der Waals surface area contributed by atoms with Gasteiger partial charge in [-0.25, -0.2) is 0 Å². The highest BCUT2D eigenvalue weighted by molar-refractivity contribution is 9.09. The molecule has 1 N–H and O–H groups in total. The molecule has 1 aromatic carbocycles. The molecule has 0 spiro atoms. The van der Waals surface area contributed by atoms with E-state index in [0.29, 0.717) is 11.3 Å². The van der Waals surface area contributed by atoms with E-state index in [-0.39, 0.29) is 0 Å². The Kier molecular flexibility index (Phi) is 3.31. The Bertz CT molecular complexity index is 294. The van der Waals surface area contributed by atoms with Gasteiger partial charge in [0.2, 0.25) is 0 Å². The fourth-order valence-electron chi connectivity index (χ4n) is 0.915. The highest BCUT2D eigenvalue weighted by Crippen LogP contribution is 2.24. The summed E-state index contributed by atoms with van der Waals surface area (Å²) in [5.41, 5.74) is 0.702. The molecule has 4 heteroatoms. The Hall–Kier alpha value is -1.03. The molecule has 0 unspecified atom stereocenters. The van der Waals surface area contributed by atoms with Crippen molar-refractivity contribution < 1.29 is 14.6 Å². The minimum Gasteiger partial charge on any atom is -0.497 e. The van der Waals surface area contributed by atoms with Crippen molar-refractivity contribution in [3.63, 3.8) is 0 Å². The van der Waals surface area contributed by atoms with Crippen molar-refractivity contribution >= 4 is 21.9 Å². The van der Waals surface area contributed by atoms with Crippen LogP contribution in [-0.4, -0.2) is 18.2 Å². The van der Waals surface area contributed by atoms with E-state index >= 15 is 0 Å². The Morgan fingerprint density at radius 1 is 1.46 bits per heavy atom. The van der Waals surface area contributed by atoms with Crippen molar-refractivity contribution in [3.8, 4) is 5.75 Å². The van der Waals surface area contributed by atoms with E-state index in [1.54, 1.807) is 31.4 Å². The highest BCUT2D eigenvalue weighted by atomic mass is 79.9. The van der Waals surface area contributed by atoms with Gasteiger partial charge >= 0.3 is 5.97 Å². The number of halogens is 1. The molecular weight excluding hydrogens is 236 g/mol. The highest BCUT2D eigenvalue weighted by Gasteiger charge is 2.14. The predicted molar refractivity (Wildman–Crippen MR) is 52.3 cm³/mol. The summed E-state index contributed by atoms with van der Waals surface area (Å²) in [7, 11) is 1.57. The number of hydrogen-bond donors (Lipinski definition) is 1. The molecule has 0 aliphatic carbocycles. The summed E-state index contributed by atoms with van der Waals surface area (Å²) in [4.78, 5) is 9.92. The first-order valence-corrected chi connectivity index (χ1v) is 4.57. The number of alkyl halides is 1. The van der Waals surface area contributed by atoms with Crippen LogP contribution in [0.1, 0.15) is 10.4 Å². The summed E-state index contributed by atoms with van der Waals surface area (Å²) >= 11 is 3.06. The lowest BCUT2D eigenvalue weighted by Gasteiger charge is -2.05. The van der Waals surface area contributed by atoms with Crippen LogP contribution < -0.4 is 4.74 Å². The normalized spacial score (nSPS) is 12.2. The second-order valence-electron chi connectivity index (χ2n) is 2.47. The van der Waals surface area contributed by atoms with Crippen LogP contribution in [0.15, 0.2) is 24.3 Å². The van der Waals surface area contributed by atoms with E-state index in [1.807, 2.05) is 0 Å². The molecule has 1 atom stereocenters. The Morgan fingerprint density at radius 3 is 2.38 bits per heavy atom. The Labute approximate surface area is 84.5 Å². The summed E-state index contributed by atoms with van der Waals surface area (Å²) in [5, 5.41) is 8.68. The van der Waals surface area contributed by atoms with Gasteiger partial charge in [-0.3, -0.25) is 4.79 Å². The van der Waals surface area contributed by atoms with Gasteiger partial charge in [0.25, 0.3) is 0 Å². The van der Waals surface area contributed by atoms with Crippen LogP contribution in [-0.2, 0) is 4.79 Å². The van der Waals surface area contributed by atoms with Gasteiger partial charge in [0.05, 0.1) is 7.11 Å². The number of hydrogen-bond acceptors (Lipinski definition) is 2. The molecule has 0 heterocycles. The van der Waals surface area contributed by atoms with Gasteiger partial charge in [0, 0.05) is 0 Å². The van der Waals surface area contributed by atoms with Crippen LogP contribution in [0.4, 0.5) is 0 Å². The monoisotopic (exact) mass is 244 g/mol. The van der Waals surface area contributed by atoms with E-state index < -0.39 is 10.8 Å². The summed E-state index contributed by atoms with van der Waals surface area (Å²) < 4.78 is 4.95. The Balaban J connectivity index is 2.85. The molecule has 0 aliphatic rings. The summed E-state index contributed by atoms with van der Waals surface area (Å²) in [6.07, 6.45) is 0. The maximum Gasteiger partial charge on any atom is 0.321 e. The molecule has 0 saturated carbocycles. The molecule has 0 fully saturated rings.